The van der Waals surface area contributed by atoms with Gasteiger partial charge in [-0.3, -0.25) is 0 Å². The highest BCUT2D eigenvalue weighted by atomic mass is 16.5. The van der Waals surface area contributed by atoms with Crippen LogP contribution in [0.5, 0.6) is 0 Å². The molecule has 0 bridgehead atoms. The average molecular weight is 136 g/mol. The van der Waals surface area contributed by atoms with E-state index in [2.05, 4.69) is 6.07 Å². The van der Waals surface area contributed by atoms with Gasteiger partial charge in [0.25, 0.3) is 0 Å². The van der Waals surface area contributed by atoms with Crippen LogP contribution < -0.4 is 5.73 Å². The van der Waals surface area contributed by atoms with E-state index in [0.717, 1.165) is 5.56 Å². The van der Waals surface area contributed by atoms with E-state index in [-0.39, 0.29) is 0 Å². The Labute approximate surface area is 60.6 Å². The van der Waals surface area contributed by atoms with Gasteiger partial charge in [-0.1, -0.05) is 18.2 Å². The summed E-state index contributed by atoms with van der Waals surface area (Å²) in [5.74, 6) is 0. The standard InChI is InChI=1S/C8H10NO/c1-10-6-7-4-2-3-5-8(7)9/h2-4H,6,9H2,1H3. The van der Waals surface area contributed by atoms with Crippen molar-refractivity contribution in [1.29, 1.82) is 0 Å². The molecule has 53 valence electrons. The smallest absolute Gasteiger partial charge is 0.0733 e. The van der Waals surface area contributed by atoms with Gasteiger partial charge in [-0.25, -0.2) is 0 Å². The molecule has 1 aromatic rings. The summed E-state index contributed by atoms with van der Waals surface area (Å²) < 4.78 is 4.91. The molecule has 0 aliphatic carbocycles. The van der Waals surface area contributed by atoms with Gasteiger partial charge in [-0.05, 0) is 0 Å². The van der Waals surface area contributed by atoms with Crippen LogP contribution in [0.25, 0.3) is 0 Å². The second kappa shape index (κ2) is 3.22. The third-order valence-electron chi connectivity index (χ3n) is 1.28. The van der Waals surface area contributed by atoms with Gasteiger partial charge in [0.1, 0.15) is 0 Å². The molecule has 0 fully saturated rings. The van der Waals surface area contributed by atoms with Crippen molar-refractivity contribution >= 4 is 5.69 Å². The summed E-state index contributed by atoms with van der Waals surface area (Å²) in [7, 11) is 1.65. The lowest BCUT2D eigenvalue weighted by Crippen LogP contribution is -1.94. The highest BCUT2D eigenvalue weighted by molar-refractivity contribution is 5.44. The molecule has 2 nitrogen and oxygen atoms in total. The van der Waals surface area contributed by atoms with E-state index in [1.54, 1.807) is 13.2 Å². The first kappa shape index (κ1) is 7.09. The summed E-state index contributed by atoms with van der Waals surface area (Å²) in [4.78, 5) is 0. The molecular formula is C8H10NO. The van der Waals surface area contributed by atoms with E-state index in [4.69, 9.17) is 10.5 Å². The molecule has 0 amide bonds. The number of para-hydroxylation sites is 1. The molecule has 0 heterocycles. The Kier molecular flexibility index (Phi) is 2.29. The maximum absolute atomic E-state index is 5.57. The molecule has 0 unspecified atom stereocenters. The zero-order valence-electron chi connectivity index (χ0n) is 5.92. The molecule has 2 heteroatoms. The number of ether oxygens (including phenoxy) is 1. The molecule has 10 heavy (non-hydrogen) atoms. The van der Waals surface area contributed by atoms with Gasteiger partial charge < -0.3 is 10.5 Å². The van der Waals surface area contributed by atoms with Crippen LogP contribution in [0.15, 0.2) is 18.2 Å². The van der Waals surface area contributed by atoms with Crippen LogP contribution in [0.1, 0.15) is 5.56 Å². The lowest BCUT2D eigenvalue weighted by atomic mass is 10.2. The molecule has 0 spiro atoms. The summed E-state index contributed by atoms with van der Waals surface area (Å²) in [6, 6.07) is 8.49. The molecule has 0 saturated heterocycles. The van der Waals surface area contributed by atoms with Crippen LogP contribution in [-0.4, -0.2) is 7.11 Å². The zero-order chi connectivity index (χ0) is 7.40. The monoisotopic (exact) mass is 136 g/mol. The van der Waals surface area contributed by atoms with E-state index in [1.165, 1.54) is 0 Å². The molecule has 2 N–H and O–H groups in total. The topological polar surface area (TPSA) is 35.2 Å². The fourth-order valence-corrected chi connectivity index (χ4v) is 0.766. The van der Waals surface area contributed by atoms with Crippen LogP contribution in [0.2, 0.25) is 0 Å². The predicted octanol–water partition coefficient (Wildman–Crippen LogP) is 1.22. The minimum absolute atomic E-state index is 0.559. The molecular weight excluding hydrogens is 126 g/mol. The highest BCUT2D eigenvalue weighted by Crippen LogP contribution is 2.09. The van der Waals surface area contributed by atoms with Crippen molar-refractivity contribution in [2.24, 2.45) is 0 Å². The van der Waals surface area contributed by atoms with Gasteiger partial charge >= 0.3 is 0 Å². The Hall–Kier alpha value is -1.02. The molecule has 1 radical (unpaired) electrons. The van der Waals surface area contributed by atoms with Gasteiger partial charge in [-0.2, -0.15) is 0 Å². The van der Waals surface area contributed by atoms with Crippen molar-refractivity contribution in [3.63, 3.8) is 0 Å². The maximum Gasteiger partial charge on any atom is 0.0733 e. The van der Waals surface area contributed by atoms with Gasteiger partial charge in [0, 0.05) is 24.4 Å². The summed E-state index contributed by atoms with van der Waals surface area (Å²) in [5, 5.41) is 0. The first-order valence-electron chi connectivity index (χ1n) is 3.08. The summed E-state index contributed by atoms with van der Waals surface area (Å²) in [5.41, 5.74) is 7.23. The molecule has 0 aliphatic rings. The number of rotatable bonds is 2. The number of nitrogen functional groups attached to an aromatic ring is 1. The fourth-order valence-electron chi connectivity index (χ4n) is 0.766. The van der Waals surface area contributed by atoms with Gasteiger partial charge in [0.2, 0.25) is 0 Å². The number of benzene rings is 1. The van der Waals surface area contributed by atoms with Crippen molar-refractivity contribution in [2.75, 3.05) is 12.8 Å². The number of hydrogen-bond donors (Lipinski definition) is 1. The van der Waals surface area contributed by atoms with Crippen LogP contribution >= 0.6 is 0 Å². The Balaban J connectivity index is 2.81. The van der Waals surface area contributed by atoms with Crippen LogP contribution in [0, 0.1) is 6.07 Å². The second-order valence-electron chi connectivity index (χ2n) is 2.04. The normalized spacial score (nSPS) is 9.70. The van der Waals surface area contributed by atoms with Crippen molar-refractivity contribution in [3.8, 4) is 0 Å². The third kappa shape index (κ3) is 1.48. The maximum atomic E-state index is 5.57. The molecule has 0 aromatic heterocycles. The number of methoxy groups -OCH3 is 1. The van der Waals surface area contributed by atoms with E-state index >= 15 is 0 Å². The largest absolute Gasteiger partial charge is 0.398 e. The Morgan fingerprint density at radius 2 is 2.50 bits per heavy atom. The lowest BCUT2D eigenvalue weighted by molar-refractivity contribution is 0.185. The molecule has 1 aromatic carbocycles. The molecule has 0 atom stereocenters. The Morgan fingerprint density at radius 1 is 1.70 bits per heavy atom. The third-order valence-corrected chi connectivity index (χ3v) is 1.28. The summed E-state index contributed by atoms with van der Waals surface area (Å²) in [6.07, 6.45) is 0. The van der Waals surface area contributed by atoms with Crippen LogP contribution in [0.4, 0.5) is 5.69 Å². The van der Waals surface area contributed by atoms with E-state index in [1.807, 2.05) is 12.1 Å². The number of hydrogen-bond acceptors (Lipinski definition) is 2. The van der Waals surface area contributed by atoms with Crippen molar-refractivity contribution in [2.45, 2.75) is 6.61 Å². The van der Waals surface area contributed by atoms with Gasteiger partial charge in [0.05, 0.1) is 6.61 Å². The minimum atomic E-state index is 0.559. The van der Waals surface area contributed by atoms with Crippen molar-refractivity contribution in [1.82, 2.24) is 0 Å². The first-order chi connectivity index (χ1) is 4.84. The quantitative estimate of drug-likeness (QED) is 0.620. The molecule has 0 aliphatic heterocycles. The number of nitrogens with two attached hydrogens (primary N) is 1. The average Bonchev–Trinajstić information content (AvgIpc) is 1.94. The summed E-state index contributed by atoms with van der Waals surface area (Å²) >= 11 is 0. The van der Waals surface area contributed by atoms with Gasteiger partial charge in [-0.15, -0.1) is 0 Å². The number of anilines is 1. The zero-order valence-corrected chi connectivity index (χ0v) is 5.92. The Morgan fingerprint density at radius 3 is 3.10 bits per heavy atom. The van der Waals surface area contributed by atoms with E-state index in [0.29, 0.717) is 12.3 Å². The van der Waals surface area contributed by atoms with E-state index < -0.39 is 0 Å². The first-order valence-corrected chi connectivity index (χ1v) is 3.08. The highest BCUT2D eigenvalue weighted by Gasteiger charge is 1.94. The van der Waals surface area contributed by atoms with Crippen LogP contribution in [-0.2, 0) is 11.3 Å². The van der Waals surface area contributed by atoms with E-state index in [9.17, 15) is 0 Å². The Bertz CT molecular complexity index is 210. The minimum Gasteiger partial charge on any atom is -0.398 e. The van der Waals surface area contributed by atoms with Crippen molar-refractivity contribution in [3.05, 3.63) is 29.8 Å². The van der Waals surface area contributed by atoms with Crippen molar-refractivity contribution < 1.29 is 4.74 Å². The predicted molar refractivity (Wildman–Crippen MR) is 40.4 cm³/mol. The lowest BCUT2D eigenvalue weighted by Gasteiger charge is -2.01. The molecule has 0 saturated carbocycles. The summed E-state index contributed by atoms with van der Waals surface area (Å²) in [6.45, 7) is 0.559. The van der Waals surface area contributed by atoms with Crippen LogP contribution in [0.3, 0.4) is 0 Å². The second-order valence-corrected chi connectivity index (χ2v) is 2.04. The fraction of sp³-hybridized carbons (Fsp3) is 0.250. The van der Waals surface area contributed by atoms with Gasteiger partial charge in [0.15, 0.2) is 0 Å². The molecule has 1 rings (SSSR count). The SMILES string of the molecule is COCc1ccc[c]c1N.